The maximum Gasteiger partial charge on any atom is 0.410 e. The molecule has 1 unspecified atom stereocenters. The topological polar surface area (TPSA) is 106 Å². The van der Waals surface area contributed by atoms with Crippen LogP contribution in [-0.2, 0) is 19.0 Å². The lowest BCUT2D eigenvalue weighted by Gasteiger charge is -2.41. The first kappa shape index (κ1) is 29.9. The first-order chi connectivity index (χ1) is 20.1. The van der Waals surface area contributed by atoms with E-state index < -0.39 is 29.3 Å². The van der Waals surface area contributed by atoms with Gasteiger partial charge in [-0.05, 0) is 81.0 Å². The highest BCUT2D eigenvalue weighted by atomic mass is 16.6. The zero-order valence-electron chi connectivity index (χ0n) is 24.8. The molecule has 0 saturated carbocycles. The van der Waals surface area contributed by atoms with Crippen LogP contribution in [0, 0.1) is 5.92 Å². The highest BCUT2D eigenvalue weighted by Crippen LogP contribution is 2.44. The number of hydrogen-bond acceptors (Lipinski definition) is 6. The Labute approximate surface area is 247 Å². The molecule has 2 aliphatic heterocycles. The van der Waals surface area contributed by atoms with Gasteiger partial charge in [-0.15, -0.1) is 0 Å². The van der Waals surface area contributed by atoms with Crippen molar-refractivity contribution in [1.29, 1.82) is 0 Å². The van der Waals surface area contributed by atoms with Crippen LogP contribution in [-0.4, -0.2) is 83.7 Å². The Morgan fingerprint density at radius 3 is 2.19 bits per heavy atom. The lowest BCUT2D eigenvalue weighted by atomic mass is 9.86. The first-order valence-electron chi connectivity index (χ1n) is 15.0. The summed E-state index contributed by atoms with van der Waals surface area (Å²) in [6.45, 7) is 7.47. The van der Waals surface area contributed by atoms with Gasteiger partial charge in [0.1, 0.15) is 17.7 Å². The summed E-state index contributed by atoms with van der Waals surface area (Å²) in [5, 5.41) is 10.7. The van der Waals surface area contributed by atoms with E-state index in [4.69, 9.17) is 14.2 Å². The van der Waals surface area contributed by atoms with E-state index in [0.29, 0.717) is 26.2 Å². The number of carbonyl (C=O) groups is 3. The lowest BCUT2D eigenvalue weighted by Crippen LogP contribution is -2.59. The fourth-order valence-electron chi connectivity index (χ4n) is 6.51. The molecule has 0 radical (unpaired) electrons. The van der Waals surface area contributed by atoms with Gasteiger partial charge in [-0.25, -0.2) is 14.4 Å². The van der Waals surface area contributed by atoms with Crippen molar-refractivity contribution in [2.75, 3.05) is 39.5 Å². The number of benzene rings is 2. The third-order valence-corrected chi connectivity index (χ3v) is 8.72. The van der Waals surface area contributed by atoms with Crippen LogP contribution < -0.4 is 0 Å². The zero-order chi connectivity index (χ0) is 29.9. The second-order valence-corrected chi connectivity index (χ2v) is 12.6. The molecule has 2 saturated heterocycles. The van der Waals surface area contributed by atoms with Crippen LogP contribution in [0.3, 0.4) is 0 Å². The van der Waals surface area contributed by atoms with Gasteiger partial charge in [0, 0.05) is 38.8 Å². The number of nitrogens with zero attached hydrogens (tertiary/aromatic N) is 2. The van der Waals surface area contributed by atoms with Gasteiger partial charge in [-0.2, -0.15) is 0 Å². The number of rotatable bonds is 6. The molecule has 0 aromatic heterocycles. The molecule has 3 aliphatic rings. The van der Waals surface area contributed by atoms with Crippen LogP contribution in [0.2, 0.25) is 0 Å². The Morgan fingerprint density at radius 1 is 0.976 bits per heavy atom. The highest BCUT2D eigenvalue weighted by molar-refractivity contribution is 5.85. The van der Waals surface area contributed by atoms with E-state index in [9.17, 15) is 19.5 Å². The summed E-state index contributed by atoms with van der Waals surface area (Å²) in [5.41, 5.74) is 2.28. The van der Waals surface area contributed by atoms with Gasteiger partial charge in [0.15, 0.2) is 0 Å². The summed E-state index contributed by atoms with van der Waals surface area (Å²) in [4.78, 5) is 43.0. The van der Waals surface area contributed by atoms with E-state index >= 15 is 0 Å². The average Bonchev–Trinajstić information content (AvgIpc) is 3.10. The van der Waals surface area contributed by atoms with E-state index in [1.807, 2.05) is 24.3 Å². The Hall–Kier alpha value is -3.59. The summed E-state index contributed by atoms with van der Waals surface area (Å²) >= 11 is 0. The molecule has 9 nitrogen and oxygen atoms in total. The molecular weight excluding hydrogens is 536 g/mol. The molecule has 2 aromatic carbocycles. The molecule has 0 spiro atoms. The number of carbonyl (C=O) groups excluding carboxylic acids is 2. The molecule has 1 N–H and O–H groups in total. The highest BCUT2D eigenvalue weighted by Gasteiger charge is 2.49. The second kappa shape index (κ2) is 12.3. The van der Waals surface area contributed by atoms with Crippen LogP contribution in [0.4, 0.5) is 9.59 Å². The lowest BCUT2D eigenvalue weighted by molar-refractivity contribution is -0.152. The number of ether oxygens (including phenoxy) is 3. The summed E-state index contributed by atoms with van der Waals surface area (Å²) < 4.78 is 17.1. The number of likely N-dealkylation sites (tertiary alicyclic amines) is 1. The SMILES string of the molecule is CC(C)(C)OC(=O)N1CCCC(C(=O)O)(N(CC2CCOCC2)C(=O)OCC2c3ccccc3-c3ccccc32)CC1. The van der Waals surface area contributed by atoms with Gasteiger partial charge in [0.25, 0.3) is 0 Å². The van der Waals surface area contributed by atoms with Gasteiger partial charge in [0.05, 0.1) is 0 Å². The first-order valence-corrected chi connectivity index (χ1v) is 15.0. The maximum absolute atomic E-state index is 14.0. The van der Waals surface area contributed by atoms with Crippen molar-refractivity contribution in [2.24, 2.45) is 5.92 Å². The van der Waals surface area contributed by atoms with E-state index in [1.165, 1.54) is 4.90 Å². The molecule has 1 atom stereocenters. The van der Waals surface area contributed by atoms with Crippen molar-refractivity contribution in [2.45, 2.75) is 69.9 Å². The third-order valence-electron chi connectivity index (χ3n) is 8.72. The molecule has 226 valence electrons. The average molecular weight is 579 g/mol. The number of amides is 2. The molecule has 1 aliphatic carbocycles. The van der Waals surface area contributed by atoms with Crippen LogP contribution in [0.15, 0.2) is 48.5 Å². The minimum atomic E-state index is -1.50. The number of aliphatic carboxylic acids is 1. The van der Waals surface area contributed by atoms with Crippen LogP contribution in [0.25, 0.3) is 11.1 Å². The Balaban J connectivity index is 1.39. The van der Waals surface area contributed by atoms with Gasteiger partial charge < -0.3 is 24.2 Å². The predicted molar refractivity (Wildman–Crippen MR) is 157 cm³/mol. The van der Waals surface area contributed by atoms with Gasteiger partial charge >= 0.3 is 18.2 Å². The smallest absolute Gasteiger partial charge is 0.410 e. The number of carboxylic acid groups (broad SMARTS) is 1. The Morgan fingerprint density at radius 2 is 1.60 bits per heavy atom. The minimum Gasteiger partial charge on any atom is -0.479 e. The van der Waals surface area contributed by atoms with Gasteiger partial charge in [0.2, 0.25) is 0 Å². The van der Waals surface area contributed by atoms with Crippen molar-refractivity contribution in [1.82, 2.24) is 9.80 Å². The number of hydrogen-bond donors (Lipinski definition) is 1. The molecule has 5 rings (SSSR count). The fraction of sp³-hybridized carbons (Fsp3) is 0.545. The summed E-state index contributed by atoms with van der Waals surface area (Å²) in [6, 6.07) is 16.2. The van der Waals surface area contributed by atoms with Crippen molar-refractivity contribution < 1.29 is 33.7 Å². The Bertz CT molecular complexity index is 1250. The van der Waals surface area contributed by atoms with Crippen LogP contribution >= 0.6 is 0 Å². The van der Waals surface area contributed by atoms with E-state index in [2.05, 4.69) is 24.3 Å². The van der Waals surface area contributed by atoms with E-state index in [0.717, 1.165) is 35.1 Å². The molecule has 2 fully saturated rings. The second-order valence-electron chi connectivity index (χ2n) is 12.6. The standard InChI is InChI=1S/C33H42N2O7/c1-32(2,3)42-30(38)34-17-8-15-33(16-18-34,29(36)37)35(21-23-13-19-40-20-14-23)31(39)41-22-28-26-11-6-4-9-24(26)25-10-5-7-12-27(25)28/h4-7,9-12,23,28H,8,13-22H2,1-3H3,(H,36,37). The third kappa shape index (κ3) is 6.26. The molecule has 2 aromatic rings. The minimum absolute atomic E-state index is 0.0923. The number of carboxylic acids is 1. The molecule has 9 heteroatoms. The van der Waals surface area contributed by atoms with E-state index in [1.54, 1.807) is 25.7 Å². The maximum atomic E-state index is 14.0. The van der Waals surface area contributed by atoms with Crippen molar-refractivity contribution >= 4 is 18.2 Å². The van der Waals surface area contributed by atoms with Crippen molar-refractivity contribution in [3.8, 4) is 11.1 Å². The molecule has 42 heavy (non-hydrogen) atoms. The summed E-state index contributed by atoms with van der Waals surface area (Å²) in [6.07, 6.45) is 1.12. The van der Waals surface area contributed by atoms with Crippen molar-refractivity contribution in [3.63, 3.8) is 0 Å². The fourth-order valence-corrected chi connectivity index (χ4v) is 6.51. The summed E-state index contributed by atoms with van der Waals surface area (Å²) in [7, 11) is 0. The Kier molecular flexibility index (Phi) is 8.78. The summed E-state index contributed by atoms with van der Waals surface area (Å²) in [5.74, 6) is -1.11. The zero-order valence-corrected chi connectivity index (χ0v) is 24.8. The molecule has 2 amide bonds. The molecule has 2 heterocycles. The normalized spacial score (nSPS) is 21.2. The largest absolute Gasteiger partial charge is 0.479 e. The van der Waals surface area contributed by atoms with Gasteiger partial charge in [-0.3, -0.25) is 4.90 Å². The van der Waals surface area contributed by atoms with E-state index in [-0.39, 0.29) is 44.4 Å². The number of fused-ring (bicyclic) bond motifs is 3. The quantitative estimate of drug-likeness (QED) is 0.454. The molecular formula is C33H42N2O7. The van der Waals surface area contributed by atoms with Crippen LogP contribution in [0.5, 0.6) is 0 Å². The van der Waals surface area contributed by atoms with Crippen molar-refractivity contribution in [3.05, 3.63) is 59.7 Å². The van der Waals surface area contributed by atoms with Crippen LogP contribution in [0.1, 0.15) is 69.9 Å². The molecule has 0 bridgehead atoms. The van der Waals surface area contributed by atoms with Gasteiger partial charge in [-0.1, -0.05) is 48.5 Å². The monoisotopic (exact) mass is 578 g/mol. The predicted octanol–water partition coefficient (Wildman–Crippen LogP) is 5.91.